The van der Waals surface area contributed by atoms with Crippen LogP contribution in [0.2, 0.25) is 0 Å². The predicted molar refractivity (Wildman–Crippen MR) is 109 cm³/mol. The number of aliphatic carboxylic acids is 1. The predicted octanol–water partition coefficient (Wildman–Crippen LogP) is 3.42. The van der Waals surface area contributed by atoms with Gasteiger partial charge in [0.2, 0.25) is 0 Å². The van der Waals surface area contributed by atoms with Gasteiger partial charge in [0.25, 0.3) is 5.91 Å². The van der Waals surface area contributed by atoms with Crippen molar-refractivity contribution in [3.05, 3.63) is 60.2 Å². The molecule has 29 heavy (non-hydrogen) atoms. The standard InChI is InChI=1S/C25H27NO3/c27-23(21-8-6-20(7-9-21)19-4-2-1-3-5-19)26-22(24(28)29)25-13-16-10-17(14-25)12-18(11-16)15-25/h1-9,16-18,22H,10-15H2,(H,26,27)(H,28,29)/p-1/t16?,17?,18?,22-,25?/m0/s1. The molecule has 0 saturated heterocycles. The number of amides is 1. The van der Waals surface area contributed by atoms with E-state index in [0.717, 1.165) is 30.4 Å². The fraction of sp³-hybridized carbons (Fsp3) is 0.440. The van der Waals surface area contributed by atoms with E-state index in [1.54, 1.807) is 12.1 Å². The Morgan fingerprint density at radius 1 is 0.828 bits per heavy atom. The van der Waals surface area contributed by atoms with E-state index in [1.165, 1.54) is 19.3 Å². The van der Waals surface area contributed by atoms with E-state index < -0.39 is 12.0 Å². The first kappa shape index (κ1) is 18.4. The van der Waals surface area contributed by atoms with Crippen LogP contribution < -0.4 is 10.4 Å². The lowest BCUT2D eigenvalue weighted by Gasteiger charge is -2.59. The second-order valence-corrected chi connectivity index (χ2v) is 9.45. The summed E-state index contributed by atoms with van der Waals surface area (Å²) in [4.78, 5) is 25.0. The van der Waals surface area contributed by atoms with Crippen LogP contribution in [0.15, 0.2) is 54.6 Å². The van der Waals surface area contributed by atoms with Gasteiger partial charge in [-0.2, -0.15) is 0 Å². The van der Waals surface area contributed by atoms with Crippen molar-refractivity contribution in [3.8, 4) is 11.1 Å². The van der Waals surface area contributed by atoms with Crippen LogP contribution in [0.4, 0.5) is 0 Å². The summed E-state index contributed by atoms with van der Waals surface area (Å²) >= 11 is 0. The van der Waals surface area contributed by atoms with E-state index in [1.807, 2.05) is 42.5 Å². The Labute approximate surface area is 171 Å². The molecule has 1 amide bonds. The molecule has 4 heteroatoms. The van der Waals surface area contributed by atoms with Crippen LogP contribution in [0.5, 0.6) is 0 Å². The number of hydrogen-bond donors (Lipinski definition) is 1. The van der Waals surface area contributed by atoms with E-state index in [0.29, 0.717) is 23.3 Å². The van der Waals surface area contributed by atoms with Crippen molar-refractivity contribution in [2.24, 2.45) is 23.2 Å². The van der Waals surface area contributed by atoms with Gasteiger partial charge in [0, 0.05) is 5.56 Å². The number of carboxylic acid groups (broad SMARTS) is 1. The van der Waals surface area contributed by atoms with E-state index in [9.17, 15) is 14.7 Å². The molecule has 2 aromatic rings. The van der Waals surface area contributed by atoms with Crippen LogP contribution in [-0.4, -0.2) is 17.9 Å². The molecule has 0 unspecified atom stereocenters. The highest BCUT2D eigenvalue weighted by molar-refractivity contribution is 5.97. The van der Waals surface area contributed by atoms with Crippen molar-refractivity contribution >= 4 is 11.9 Å². The molecule has 4 saturated carbocycles. The quantitative estimate of drug-likeness (QED) is 0.853. The smallest absolute Gasteiger partial charge is 0.251 e. The minimum Gasteiger partial charge on any atom is -0.548 e. The Kier molecular flexibility index (Phi) is 4.45. The first-order valence-corrected chi connectivity index (χ1v) is 10.7. The maximum atomic E-state index is 12.9. The number of rotatable bonds is 5. The molecule has 0 radical (unpaired) electrons. The Balaban J connectivity index is 1.35. The highest BCUT2D eigenvalue weighted by atomic mass is 16.4. The molecule has 4 bridgehead atoms. The summed E-state index contributed by atoms with van der Waals surface area (Å²) in [7, 11) is 0. The molecule has 6 rings (SSSR count). The van der Waals surface area contributed by atoms with Gasteiger partial charge in [0.15, 0.2) is 0 Å². The van der Waals surface area contributed by atoms with Crippen LogP contribution in [0.1, 0.15) is 48.9 Å². The minimum absolute atomic E-state index is 0.324. The minimum atomic E-state index is -1.14. The molecule has 150 valence electrons. The van der Waals surface area contributed by atoms with Gasteiger partial charge >= 0.3 is 0 Å². The number of carboxylic acids is 1. The van der Waals surface area contributed by atoms with Crippen molar-refractivity contribution in [2.45, 2.75) is 44.6 Å². The molecule has 2 aromatic carbocycles. The van der Waals surface area contributed by atoms with Gasteiger partial charge < -0.3 is 15.2 Å². The SMILES string of the molecule is O=C(N[C@@H](C(=O)[O-])C12CC3CC(CC(C3)C1)C2)c1ccc(-c2ccccc2)cc1. The Morgan fingerprint density at radius 2 is 1.34 bits per heavy atom. The molecular weight excluding hydrogens is 362 g/mol. The summed E-state index contributed by atoms with van der Waals surface area (Å²) < 4.78 is 0. The molecular formula is C25H26NO3-. The van der Waals surface area contributed by atoms with Crippen LogP contribution in [-0.2, 0) is 4.79 Å². The van der Waals surface area contributed by atoms with Gasteiger partial charge in [-0.3, -0.25) is 4.79 Å². The van der Waals surface area contributed by atoms with E-state index in [2.05, 4.69) is 5.32 Å². The molecule has 0 heterocycles. The third-order valence-electron chi connectivity index (χ3n) is 7.46. The fourth-order valence-electron chi connectivity index (χ4n) is 6.65. The number of benzene rings is 2. The molecule has 0 aromatic heterocycles. The van der Waals surface area contributed by atoms with Gasteiger partial charge in [-0.25, -0.2) is 0 Å². The van der Waals surface area contributed by atoms with Crippen LogP contribution in [0.3, 0.4) is 0 Å². The Bertz CT molecular complexity index is 884. The average Bonchev–Trinajstić information content (AvgIpc) is 2.71. The van der Waals surface area contributed by atoms with E-state index in [-0.39, 0.29) is 11.3 Å². The molecule has 4 nitrogen and oxygen atoms in total. The highest BCUT2D eigenvalue weighted by Gasteiger charge is 2.54. The van der Waals surface area contributed by atoms with Gasteiger partial charge in [-0.1, -0.05) is 42.5 Å². The first-order valence-electron chi connectivity index (χ1n) is 10.7. The zero-order valence-corrected chi connectivity index (χ0v) is 16.5. The van der Waals surface area contributed by atoms with Gasteiger partial charge in [0.1, 0.15) is 0 Å². The van der Waals surface area contributed by atoms with Crippen molar-refractivity contribution in [2.75, 3.05) is 0 Å². The highest BCUT2D eigenvalue weighted by Crippen LogP contribution is 2.61. The van der Waals surface area contributed by atoms with Gasteiger partial charge in [-0.15, -0.1) is 0 Å². The van der Waals surface area contributed by atoms with E-state index in [4.69, 9.17) is 0 Å². The average molecular weight is 388 g/mol. The third kappa shape index (κ3) is 3.35. The molecule has 0 spiro atoms. The lowest BCUT2D eigenvalue weighted by atomic mass is 9.47. The van der Waals surface area contributed by atoms with Crippen LogP contribution in [0, 0.1) is 23.2 Å². The number of carbonyl (C=O) groups excluding carboxylic acids is 2. The third-order valence-corrected chi connectivity index (χ3v) is 7.46. The zero-order chi connectivity index (χ0) is 20.0. The summed E-state index contributed by atoms with van der Waals surface area (Å²) in [6, 6.07) is 16.4. The Morgan fingerprint density at radius 3 is 1.86 bits per heavy atom. The van der Waals surface area contributed by atoms with Crippen molar-refractivity contribution in [3.63, 3.8) is 0 Å². The maximum absolute atomic E-state index is 12.9. The van der Waals surface area contributed by atoms with Crippen molar-refractivity contribution < 1.29 is 14.7 Å². The van der Waals surface area contributed by atoms with Crippen LogP contribution >= 0.6 is 0 Å². The summed E-state index contributed by atoms with van der Waals surface area (Å²) in [6.45, 7) is 0. The molecule has 4 aliphatic carbocycles. The second-order valence-electron chi connectivity index (χ2n) is 9.45. The zero-order valence-electron chi connectivity index (χ0n) is 16.5. The monoisotopic (exact) mass is 388 g/mol. The summed E-state index contributed by atoms with van der Waals surface area (Å²) in [5.74, 6) is 0.385. The van der Waals surface area contributed by atoms with Crippen molar-refractivity contribution in [1.29, 1.82) is 0 Å². The van der Waals surface area contributed by atoms with Gasteiger partial charge in [0.05, 0.1) is 12.0 Å². The maximum Gasteiger partial charge on any atom is 0.251 e. The fourth-order valence-corrected chi connectivity index (χ4v) is 6.65. The lowest BCUT2D eigenvalue weighted by Crippen LogP contribution is -2.62. The summed E-state index contributed by atoms with van der Waals surface area (Å²) in [5.41, 5.74) is 2.27. The summed E-state index contributed by atoms with van der Waals surface area (Å²) in [6.07, 6.45) is 6.41. The molecule has 1 atom stereocenters. The molecule has 4 aliphatic rings. The molecule has 4 fully saturated rings. The molecule has 0 aliphatic heterocycles. The van der Waals surface area contributed by atoms with Crippen LogP contribution in [0.25, 0.3) is 11.1 Å². The second kappa shape index (κ2) is 7.01. The summed E-state index contributed by atoms with van der Waals surface area (Å²) in [5, 5.41) is 14.9. The van der Waals surface area contributed by atoms with Gasteiger partial charge in [-0.05, 0) is 85.0 Å². The first-order chi connectivity index (χ1) is 14.0. The Hall–Kier alpha value is -2.62. The molecule has 1 N–H and O–H groups in total. The number of carbonyl (C=O) groups is 2. The normalized spacial score (nSPS) is 30.7. The number of nitrogens with one attached hydrogen (secondary N) is 1. The number of hydrogen-bond acceptors (Lipinski definition) is 3. The lowest BCUT2D eigenvalue weighted by molar-refractivity contribution is -0.313. The van der Waals surface area contributed by atoms with E-state index >= 15 is 0 Å². The van der Waals surface area contributed by atoms with Crippen molar-refractivity contribution in [1.82, 2.24) is 5.32 Å². The topological polar surface area (TPSA) is 69.2 Å². The largest absolute Gasteiger partial charge is 0.548 e.